The fraction of sp³-hybridized carbons (Fsp3) is 0.286. The lowest BCUT2D eigenvalue weighted by Crippen LogP contribution is -2.11. The average Bonchev–Trinajstić information content (AvgIpc) is 2.37. The zero-order valence-electron chi connectivity index (χ0n) is 9.63. The first-order chi connectivity index (χ1) is 8.24. The summed E-state index contributed by atoms with van der Waals surface area (Å²) in [5.41, 5.74) is 7.12. The van der Waals surface area contributed by atoms with Crippen LogP contribution in [0.3, 0.4) is 0 Å². The molecule has 90 valence electrons. The van der Waals surface area contributed by atoms with Crippen LogP contribution in [0.15, 0.2) is 36.4 Å². The highest BCUT2D eigenvalue weighted by Crippen LogP contribution is 2.31. The minimum Gasteiger partial charge on any atom is -0.507 e. The molecule has 0 saturated carbocycles. The van der Waals surface area contributed by atoms with Gasteiger partial charge in [0.15, 0.2) is 0 Å². The van der Waals surface area contributed by atoms with Crippen LogP contribution in [0.1, 0.15) is 24.4 Å². The summed E-state index contributed by atoms with van der Waals surface area (Å²) in [6.07, 6.45) is 1.43. The van der Waals surface area contributed by atoms with Crippen molar-refractivity contribution in [1.29, 1.82) is 0 Å². The second-order valence-electron chi connectivity index (χ2n) is 4.19. The van der Waals surface area contributed by atoms with Crippen LogP contribution in [0, 0.1) is 0 Å². The van der Waals surface area contributed by atoms with E-state index in [0.29, 0.717) is 6.42 Å². The molecule has 3 nitrogen and oxygen atoms in total. The SMILES string of the molecule is N[C@H](CCCO)c1ccc(O)c2ccccc12. The van der Waals surface area contributed by atoms with Crippen LogP contribution in [-0.2, 0) is 0 Å². The zero-order chi connectivity index (χ0) is 12.3. The van der Waals surface area contributed by atoms with Crippen molar-refractivity contribution in [3.05, 3.63) is 42.0 Å². The van der Waals surface area contributed by atoms with Crippen LogP contribution in [0.2, 0.25) is 0 Å². The zero-order valence-corrected chi connectivity index (χ0v) is 9.63. The van der Waals surface area contributed by atoms with E-state index >= 15 is 0 Å². The molecule has 0 heterocycles. The predicted molar refractivity (Wildman–Crippen MR) is 68.9 cm³/mol. The lowest BCUT2D eigenvalue weighted by molar-refractivity contribution is 0.280. The van der Waals surface area contributed by atoms with Gasteiger partial charge in [0.25, 0.3) is 0 Å². The summed E-state index contributed by atoms with van der Waals surface area (Å²) in [7, 11) is 0. The van der Waals surface area contributed by atoms with Gasteiger partial charge in [-0.05, 0) is 29.9 Å². The Labute approximate surface area is 101 Å². The molecule has 17 heavy (non-hydrogen) atoms. The summed E-state index contributed by atoms with van der Waals surface area (Å²) in [6.45, 7) is 0.156. The molecule has 4 N–H and O–H groups in total. The molecule has 0 bridgehead atoms. The summed E-state index contributed by atoms with van der Waals surface area (Å²) in [5.74, 6) is 0.277. The predicted octanol–water partition coefficient (Wildman–Crippen LogP) is 2.32. The minimum absolute atomic E-state index is 0.104. The van der Waals surface area contributed by atoms with E-state index in [1.54, 1.807) is 6.07 Å². The highest BCUT2D eigenvalue weighted by Gasteiger charge is 2.11. The van der Waals surface area contributed by atoms with Gasteiger partial charge in [-0.25, -0.2) is 0 Å². The monoisotopic (exact) mass is 231 g/mol. The maximum Gasteiger partial charge on any atom is 0.123 e. The van der Waals surface area contributed by atoms with E-state index in [1.165, 1.54) is 0 Å². The topological polar surface area (TPSA) is 66.5 Å². The van der Waals surface area contributed by atoms with Crippen molar-refractivity contribution in [2.45, 2.75) is 18.9 Å². The largest absolute Gasteiger partial charge is 0.507 e. The van der Waals surface area contributed by atoms with Crippen LogP contribution >= 0.6 is 0 Å². The van der Waals surface area contributed by atoms with E-state index < -0.39 is 0 Å². The van der Waals surface area contributed by atoms with Gasteiger partial charge in [-0.15, -0.1) is 0 Å². The van der Waals surface area contributed by atoms with E-state index in [9.17, 15) is 5.11 Å². The number of aliphatic hydroxyl groups excluding tert-OH is 1. The third-order valence-corrected chi connectivity index (χ3v) is 3.01. The highest BCUT2D eigenvalue weighted by molar-refractivity contribution is 5.91. The summed E-state index contributed by atoms with van der Waals surface area (Å²) in [5, 5.41) is 20.4. The van der Waals surface area contributed by atoms with Crippen LogP contribution in [0.5, 0.6) is 5.75 Å². The molecule has 2 rings (SSSR count). The molecule has 3 heteroatoms. The van der Waals surface area contributed by atoms with Crippen LogP contribution in [0.25, 0.3) is 10.8 Å². The minimum atomic E-state index is -0.104. The van der Waals surface area contributed by atoms with E-state index in [1.807, 2.05) is 30.3 Å². The Kier molecular flexibility index (Phi) is 3.61. The van der Waals surface area contributed by atoms with Gasteiger partial charge in [0, 0.05) is 18.0 Å². The number of phenols is 1. The number of hydrogen-bond acceptors (Lipinski definition) is 3. The van der Waals surface area contributed by atoms with Crippen molar-refractivity contribution in [2.24, 2.45) is 5.73 Å². The molecular weight excluding hydrogens is 214 g/mol. The number of fused-ring (bicyclic) bond motifs is 1. The molecule has 0 aliphatic carbocycles. The summed E-state index contributed by atoms with van der Waals surface area (Å²) < 4.78 is 0. The third-order valence-electron chi connectivity index (χ3n) is 3.01. The molecule has 0 amide bonds. The van der Waals surface area contributed by atoms with Gasteiger partial charge in [0.2, 0.25) is 0 Å². The fourth-order valence-corrected chi connectivity index (χ4v) is 2.10. The van der Waals surface area contributed by atoms with Crippen molar-refractivity contribution in [2.75, 3.05) is 6.61 Å². The van der Waals surface area contributed by atoms with Gasteiger partial charge in [-0.3, -0.25) is 0 Å². The molecule has 2 aromatic carbocycles. The van der Waals surface area contributed by atoms with Crippen molar-refractivity contribution < 1.29 is 10.2 Å². The maximum absolute atomic E-state index is 9.77. The van der Waals surface area contributed by atoms with Gasteiger partial charge in [-0.2, -0.15) is 0 Å². The van der Waals surface area contributed by atoms with Crippen molar-refractivity contribution in [1.82, 2.24) is 0 Å². The van der Waals surface area contributed by atoms with Gasteiger partial charge in [-0.1, -0.05) is 30.3 Å². The van der Waals surface area contributed by atoms with E-state index in [4.69, 9.17) is 10.8 Å². The lowest BCUT2D eigenvalue weighted by Gasteiger charge is -2.14. The lowest BCUT2D eigenvalue weighted by atomic mass is 9.96. The molecule has 0 saturated heterocycles. The quantitative estimate of drug-likeness (QED) is 0.756. The van der Waals surface area contributed by atoms with E-state index in [-0.39, 0.29) is 18.4 Å². The van der Waals surface area contributed by atoms with Crippen LogP contribution in [-0.4, -0.2) is 16.8 Å². The molecular formula is C14H17NO2. The number of nitrogens with two attached hydrogens (primary N) is 1. The van der Waals surface area contributed by atoms with Crippen molar-refractivity contribution in [3.8, 4) is 5.75 Å². The van der Waals surface area contributed by atoms with Crippen LogP contribution in [0.4, 0.5) is 0 Å². The second kappa shape index (κ2) is 5.17. The molecule has 0 spiro atoms. The normalized spacial score (nSPS) is 12.8. The first-order valence-corrected chi connectivity index (χ1v) is 5.81. The maximum atomic E-state index is 9.77. The number of benzene rings is 2. The van der Waals surface area contributed by atoms with Crippen molar-refractivity contribution in [3.63, 3.8) is 0 Å². The standard InChI is InChI=1S/C14H17NO2/c15-13(6-3-9-16)11-7-8-14(17)12-5-2-1-4-10(11)12/h1-2,4-5,7-8,13,16-17H,3,6,9,15H2/t13-/m1/s1. The molecule has 2 aromatic rings. The van der Waals surface area contributed by atoms with E-state index in [2.05, 4.69) is 0 Å². The van der Waals surface area contributed by atoms with Gasteiger partial charge >= 0.3 is 0 Å². The third kappa shape index (κ3) is 2.40. The van der Waals surface area contributed by atoms with E-state index in [0.717, 1.165) is 22.8 Å². The molecule has 0 aromatic heterocycles. The Balaban J connectivity index is 2.44. The van der Waals surface area contributed by atoms with Crippen molar-refractivity contribution >= 4 is 10.8 Å². The molecule has 0 radical (unpaired) electrons. The molecule has 0 unspecified atom stereocenters. The molecule has 0 aliphatic heterocycles. The number of phenolic OH excluding ortho intramolecular Hbond substituents is 1. The number of hydrogen-bond donors (Lipinski definition) is 3. The Morgan fingerprint density at radius 2 is 1.76 bits per heavy atom. The number of aromatic hydroxyl groups is 1. The van der Waals surface area contributed by atoms with Gasteiger partial charge in [0.05, 0.1) is 0 Å². The first-order valence-electron chi connectivity index (χ1n) is 5.81. The van der Waals surface area contributed by atoms with Gasteiger partial charge < -0.3 is 15.9 Å². The molecule has 0 fully saturated rings. The van der Waals surface area contributed by atoms with Crippen LogP contribution < -0.4 is 5.73 Å². The Bertz CT molecular complexity index is 511. The Hall–Kier alpha value is -1.58. The summed E-state index contributed by atoms with van der Waals surface area (Å²) in [6, 6.07) is 11.1. The molecule has 1 atom stereocenters. The smallest absolute Gasteiger partial charge is 0.123 e. The fourth-order valence-electron chi connectivity index (χ4n) is 2.10. The average molecular weight is 231 g/mol. The Morgan fingerprint density at radius 1 is 1.06 bits per heavy atom. The van der Waals surface area contributed by atoms with Gasteiger partial charge in [0.1, 0.15) is 5.75 Å². The number of rotatable bonds is 4. The highest BCUT2D eigenvalue weighted by atomic mass is 16.3. The first kappa shape index (κ1) is 11.9. The number of aliphatic hydroxyl groups is 1. The summed E-state index contributed by atoms with van der Waals surface area (Å²) in [4.78, 5) is 0. The summed E-state index contributed by atoms with van der Waals surface area (Å²) >= 11 is 0. The Morgan fingerprint density at radius 3 is 2.47 bits per heavy atom. The second-order valence-corrected chi connectivity index (χ2v) is 4.19. The molecule has 0 aliphatic rings.